The summed E-state index contributed by atoms with van der Waals surface area (Å²) in [6, 6.07) is 15.9. The third kappa shape index (κ3) is 8.96. The average Bonchev–Trinajstić information content (AvgIpc) is 2.80. The van der Waals surface area contributed by atoms with Crippen molar-refractivity contribution in [3.63, 3.8) is 0 Å². The number of hydrogen-bond donors (Lipinski definition) is 0. The highest BCUT2D eigenvalue weighted by atomic mass is 32.2. The van der Waals surface area contributed by atoms with Crippen LogP contribution in [-0.4, -0.2) is 32.3 Å². The van der Waals surface area contributed by atoms with Gasteiger partial charge in [-0.3, -0.25) is 0 Å². The zero-order valence-electron chi connectivity index (χ0n) is 22.6. The molecule has 0 aliphatic rings. The maximum atomic E-state index is 12.9. The number of aryl methyl sites for hydroxylation is 1. The molecule has 6 heteroatoms. The Labute approximate surface area is 216 Å². The van der Waals surface area contributed by atoms with E-state index in [-0.39, 0.29) is 5.04 Å². The number of ether oxygens (including phenoxy) is 2. The molecule has 0 aromatic heterocycles. The third-order valence-electron chi connectivity index (χ3n) is 6.29. The molecule has 2 aromatic rings. The Balaban J connectivity index is 2.43. The summed E-state index contributed by atoms with van der Waals surface area (Å²) >= 11 is 0. The van der Waals surface area contributed by atoms with Gasteiger partial charge in [0.1, 0.15) is 0 Å². The van der Waals surface area contributed by atoms with E-state index in [4.69, 9.17) is 13.9 Å². The minimum absolute atomic E-state index is 0.0967. The third-order valence-corrected chi connectivity index (χ3v) is 11.9. The van der Waals surface area contributed by atoms with Crippen molar-refractivity contribution in [1.82, 2.24) is 0 Å². The van der Waals surface area contributed by atoms with Crippen LogP contribution in [0, 0.1) is 6.92 Å². The monoisotopic (exact) mass is 514 g/mol. The molecule has 0 saturated heterocycles. The van der Waals surface area contributed by atoms with Crippen LogP contribution in [0.25, 0.3) is 6.08 Å². The normalized spacial score (nSPS) is 14.1. The lowest BCUT2D eigenvalue weighted by molar-refractivity contribution is -0.140. The summed E-state index contributed by atoms with van der Waals surface area (Å²) < 4.78 is 31.2. The fraction of sp³-hybridized carbons (Fsp3) is 0.448. The standard InChI is InChI=1S/C29H42O4SSi/c1-9-31-28(32-10-2)27-14-12-11-13-25(27)21-24(22-33-35(7,8)29(4,5)6)19-20-34(30)26-17-15-23(3)16-18-26/h11-21,28H,9-10,22H2,1-8H3/b20-19-,24-21-/t34-/m1/s1. The van der Waals surface area contributed by atoms with Crippen LogP contribution >= 0.6 is 0 Å². The first-order chi connectivity index (χ1) is 16.5. The zero-order valence-corrected chi connectivity index (χ0v) is 24.4. The van der Waals surface area contributed by atoms with Gasteiger partial charge in [0.2, 0.25) is 0 Å². The van der Waals surface area contributed by atoms with Crippen molar-refractivity contribution in [3.05, 3.63) is 82.3 Å². The Bertz CT molecular complexity index is 1010. The Kier molecular flexibility index (Phi) is 11.3. The van der Waals surface area contributed by atoms with Gasteiger partial charge in [-0.05, 0) is 74.3 Å². The van der Waals surface area contributed by atoms with Gasteiger partial charge in [0, 0.05) is 29.1 Å². The molecule has 0 radical (unpaired) electrons. The van der Waals surface area contributed by atoms with Crippen LogP contribution in [0.1, 0.15) is 57.6 Å². The van der Waals surface area contributed by atoms with E-state index in [1.165, 1.54) is 0 Å². The van der Waals surface area contributed by atoms with Gasteiger partial charge in [0.25, 0.3) is 0 Å². The second-order valence-corrected chi connectivity index (χ2v) is 16.2. The van der Waals surface area contributed by atoms with Crippen molar-refractivity contribution in [2.45, 2.75) is 70.9 Å². The summed E-state index contributed by atoms with van der Waals surface area (Å²) in [7, 11) is -3.22. The van der Waals surface area contributed by atoms with Crippen molar-refractivity contribution in [1.29, 1.82) is 0 Å². The molecular weight excluding hydrogens is 472 g/mol. The quantitative estimate of drug-likeness (QED) is 0.165. The lowest BCUT2D eigenvalue weighted by Gasteiger charge is -2.36. The summed E-state index contributed by atoms with van der Waals surface area (Å²) in [5.41, 5.74) is 4.07. The number of hydrogen-bond acceptors (Lipinski definition) is 4. The molecule has 192 valence electrons. The van der Waals surface area contributed by atoms with Crippen LogP contribution in [0.2, 0.25) is 18.1 Å². The van der Waals surface area contributed by atoms with Crippen molar-refractivity contribution in [2.24, 2.45) is 0 Å². The SMILES string of the molecule is CCOC(OCC)c1ccccc1/C=C(/C=C\[S@@](=O)c1ccc(C)cc1)CO[Si](C)(C)C(C)(C)C. The van der Waals surface area contributed by atoms with Crippen LogP contribution in [0.15, 0.2) is 70.5 Å². The molecule has 0 heterocycles. The van der Waals surface area contributed by atoms with E-state index in [0.717, 1.165) is 27.2 Å². The highest BCUT2D eigenvalue weighted by Gasteiger charge is 2.37. The van der Waals surface area contributed by atoms with E-state index in [1.807, 2.05) is 69.3 Å². The van der Waals surface area contributed by atoms with Crippen molar-refractivity contribution in [2.75, 3.05) is 19.8 Å². The highest BCUT2D eigenvalue weighted by Crippen LogP contribution is 2.37. The molecule has 35 heavy (non-hydrogen) atoms. The Hall–Kier alpha value is -1.83. The minimum atomic E-state index is -1.97. The van der Waals surface area contributed by atoms with Gasteiger partial charge in [-0.15, -0.1) is 0 Å². The van der Waals surface area contributed by atoms with E-state index in [2.05, 4.69) is 46.0 Å². The maximum absolute atomic E-state index is 12.9. The Morgan fingerprint density at radius 3 is 2.17 bits per heavy atom. The van der Waals surface area contributed by atoms with Crippen LogP contribution in [0.5, 0.6) is 0 Å². The smallest absolute Gasteiger partial charge is 0.192 e. The summed E-state index contributed by atoms with van der Waals surface area (Å²) in [5.74, 6) is 0. The first-order valence-electron chi connectivity index (χ1n) is 12.3. The highest BCUT2D eigenvalue weighted by molar-refractivity contribution is 7.88. The average molecular weight is 515 g/mol. The van der Waals surface area contributed by atoms with Crippen molar-refractivity contribution in [3.8, 4) is 0 Å². The fourth-order valence-corrected chi connectivity index (χ4v) is 4.93. The molecule has 0 fully saturated rings. The second kappa shape index (κ2) is 13.5. The summed E-state index contributed by atoms with van der Waals surface area (Å²) in [4.78, 5) is 0.782. The lowest BCUT2D eigenvalue weighted by atomic mass is 10.0. The lowest BCUT2D eigenvalue weighted by Crippen LogP contribution is -2.41. The minimum Gasteiger partial charge on any atom is -0.413 e. The molecular formula is C29H42O4SSi. The Morgan fingerprint density at radius 2 is 1.60 bits per heavy atom. The molecule has 0 aliphatic carbocycles. The molecule has 0 saturated carbocycles. The van der Waals surface area contributed by atoms with Crippen LogP contribution in [0.3, 0.4) is 0 Å². The summed E-state index contributed by atoms with van der Waals surface area (Å²) in [5, 5.41) is 1.84. The fourth-order valence-electron chi connectivity index (χ4n) is 3.11. The van der Waals surface area contributed by atoms with E-state index in [9.17, 15) is 4.21 Å². The Morgan fingerprint density at radius 1 is 1.00 bits per heavy atom. The van der Waals surface area contributed by atoms with Gasteiger partial charge in [-0.25, -0.2) is 4.21 Å². The molecule has 0 unspecified atom stereocenters. The van der Waals surface area contributed by atoms with E-state index >= 15 is 0 Å². The second-order valence-electron chi connectivity index (χ2n) is 10.1. The van der Waals surface area contributed by atoms with Crippen molar-refractivity contribution < 1.29 is 18.1 Å². The molecule has 0 spiro atoms. The largest absolute Gasteiger partial charge is 0.413 e. The van der Waals surface area contributed by atoms with Gasteiger partial charge in [0.05, 0.1) is 17.4 Å². The molecule has 0 N–H and O–H groups in total. The molecule has 1 atom stereocenters. The van der Waals surface area contributed by atoms with E-state index < -0.39 is 25.4 Å². The number of rotatable bonds is 12. The molecule has 0 amide bonds. The topological polar surface area (TPSA) is 44.8 Å². The molecule has 4 nitrogen and oxygen atoms in total. The van der Waals surface area contributed by atoms with E-state index in [1.54, 1.807) is 5.41 Å². The van der Waals surface area contributed by atoms with Crippen LogP contribution in [-0.2, 0) is 24.7 Å². The van der Waals surface area contributed by atoms with E-state index in [0.29, 0.717) is 19.8 Å². The predicted octanol–water partition coefficient (Wildman–Crippen LogP) is 7.79. The van der Waals surface area contributed by atoms with Gasteiger partial charge in [0.15, 0.2) is 14.6 Å². The molecule has 2 rings (SSSR count). The van der Waals surface area contributed by atoms with Gasteiger partial charge >= 0.3 is 0 Å². The maximum Gasteiger partial charge on any atom is 0.192 e. The van der Waals surface area contributed by atoms with Crippen LogP contribution in [0.4, 0.5) is 0 Å². The first kappa shape index (κ1) is 29.4. The molecule has 0 aliphatic heterocycles. The number of benzene rings is 2. The van der Waals surface area contributed by atoms with Gasteiger partial charge in [-0.2, -0.15) is 0 Å². The summed E-state index contributed by atoms with van der Waals surface area (Å²) in [6.45, 7) is 18.7. The van der Waals surface area contributed by atoms with Crippen molar-refractivity contribution >= 4 is 25.2 Å². The molecule has 2 aromatic carbocycles. The van der Waals surface area contributed by atoms with Crippen LogP contribution < -0.4 is 0 Å². The first-order valence-corrected chi connectivity index (χ1v) is 16.4. The van der Waals surface area contributed by atoms with Gasteiger partial charge in [-0.1, -0.05) is 62.7 Å². The van der Waals surface area contributed by atoms with Gasteiger partial charge < -0.3 is 13.9 Å². The molecule has 0 bridgehead atoms. The zero-order chi connectivity index (χ0) is 26.1. The summed E-state index contributed by atoms with van der Waals surface area (Å²) in [6.07, 6.45) is 3.58. The predicted molar refractivity (Wildman–Crippen MR) is 150 cm³/mol.